The van der Waals surface area contributed by atoms with Crippen LogP contribution < -0.4 is 4.18 Å². The van der Waals surface area contributed by atoms with Gasteiger partial charge in [-0.25, -0.2) is 0 Å². The van der Waals surface area contributed by atoms with Crippen LogP contribution in [0.1, 0.15) is 0 Å². The molecule has 0 saturated heterocycles. The van der Waals surface area contributed by atoms with Gasteiger partial charge in [-0.15, -0.1) is 0 Å². The first-order valence-corrected chi connectivity index (χ1v) is 11.1. The highest BCUT2D eigenvalue weighted by atomic mass is 79.9. The van der Waals surface area contributed by atoms with Gasteiger partial charge in [0, 0.05) is 21.1 Å². The molecule has 0 atom stereocenters. The second-order valence-corrected chi connectivity index (χ2v) is 9.01. The molecule has 8 heteroatoms. The van der Waals surface area contributed by atoms with Crippen molar-refractivity contribution in [3.8, 4) is 22.8 Å². The summed E-state index contributed by atoms with van der Waals surface area (Å²) in [6.45, 7) is 0. The third kappa shape index (κ3) is 4.37. The number of halogens is 2. The third-order valence-corrected chi connectivity index (χ3v) is 6.14. The molecule has 5 nitrogen and oxygen atoms in total. The van der Waals surface area contributed by atoms with Crippen molar-refractivity contribution < 1.29 is 12.6 Å². The molecule has 0 aliphatic carbocycles. The number of hydrogen-bond acceptors (Lipinski definition) is 4. The van der Waals surface area contributed by atoms with Gasteiger partial charge in [0.05, 0.1) is 11.4 Å². The van der Waals surface area contributed by atoms with Crippen LogP contribution in [0.5, 0.6) is 5.88 Å². The van der Waals surface area contributed by atoms with Crippen LogP contribution in [0.2, 0.25) is 5.02 Å². The molecule has 0 aliphatic rings. The van der Waals surface area contributed by atoms with Gasteiger partial charge in [0.1, 0.15) is 4.90 Å². The van der Waals surface area contributed by atoms with E-state index in [-0.39, 0.29) is 10.8 Å². The summed E-state index contributed by atoms with van der Waals surface area (Å²) in [6.07, 6.45) is 0. The molecule has 0 fully saturated rings. The monoisotopic (exact) mass is 488 g/mol. The Hall–Kier alpha value is -2.61. The van der Waals surface area contributed by atoms with Gasteiger partial charge < -0.3 is 4.18 Å². The minimum absolute atomic E-state index is 0.0471. The minimum atomic E-state index is -4.05. The second kappa shape index (κ2) is 8.02. The lowest BCUT2D eigenvalue weighted by atomic mass is 10.2. The molecular weight excluding hydrogens is 476 g/mol. The van der Waals surface area contributed by atoms with Crippen LogP contribution in [0.3, 0.4) is 0 Å². The summed E-state index contributed by atoms with van der Waals surface area (Å²) in [5, 5.41) is 5.11. The molecular formula is C21H14BrClN2O3S. The Morgan fingerprint density at radius 2 is 1.55 bits per heavy atom. The van der Waals surface area contributed by atoms with Crippen LogP contribution in [0.15, 0.2) is 94.3 Å². The van der Waals surface area contributed by atoms with E-state index in [1.165, 1.54) is 16.8 Å². The zero-order valence-electron chi connectivity index (χ0n) is 14.9. The highest BCUT2D eigenvalue weighted by molar-refractivity contribution is 9.10. The van der Waals surface area contributed by atoms with Gasteiger partial charge in [0.15, 0.2) is 0 Å². The summed E-state index contributed by atoms with van der Waals surface area (Å²) < 4.78 is 33.3. The topological polar surface area (TPSA) is 61.2 Å². The second-order valence-electron chi connectivity index (χ2n) is 6.11. The summed E-state index contributed by atoms with van der Waals surface area (Å²) >= 11 is 9.27. The van der Waals surface area contributed by atoms with Crippen LogP contribution in [0.25, 0.3) is 16.9 Å². The van der Waals surface area contributed by atoms with E-state index < -0.39 is 10.1 Å². The molecule has 146 valence electrons. The van der Waals surface area contributed by atoms with Crippen molar-refractivity contribution in [2.24, 2.45) is 0 Å². The van der Waals surface area contributed by atoms with Gasteiger partial charge in [0.25, 0.3) is 0 Å². The lowest BCUT2D eigenvalue weighted by Crippen LogP contribution is -2.12. The Balaban J connectivity index is 1.79. The maximum atomic E-state index is 12.8. The molecule has 0 aliphatic heterocycles. The van der Waals surface area contributed by atoms with Crippen molar-refractivity contribution in [2.75, 3.05) is 0 Å². The fourth-order valence-corrected chi connectivity index (χ4v) is 4.00. The standard InChI is InChI=1S/C21H14BrClN2O3S/c22-16-6-12-19(13-7-16)29(26,27)28-21-14-20(15-4-2-1-3-5-15)24-25(21)18-10-8-17(23)9-11-18/h1-14H. The predicted octanol–water partition coefficient (Wildman–Crippen LogP) is 5.72. The number of benzene rings is 3. The number of rotatable bonds is 5. The van der Waals surface area contributed by atoms with Crippen LogP contribution >= 0.6 is 27.5 Å². The van der Waals surface area contributed by atoms with Crippen molar-refractivity contribution in [2.45, 2.75) is 4.90 Å². The van der Waals surface area contributed by atoms with Crippen molar-refractivity contribution in [3.05, 3.63) is 94.4 Å². The Labute approximate surface area is 181 Å². The normalized spacial score (nSPS) is 11.4. The van der Waals surface area contributed by atoms with Gasteiger partial charge >= 0.3 is 10.1 Å². The summed E-state index contributed by atoms with van der Waals surface area (Å²) in [4.78, 5) is 0.0471. The van der Waals surface area contributed by atoms with Crippen LogP contribution in [-0.2, 0) is 10.1 Å². The molecule has 0 spiro atoms. The largest absolute Gasteiger partial charge is 0.358 e. The lowest BCUT2D eigenvalue weighted by molar-refractivity contribution is 0.465. The molecule has 4 rings (SSSR count). The molecule has 1 heterocycles. The van der Waals surface area contributed by atoms with Crippen molar-refractivity contribution >= 4 is 37.6 Å². The lowest BCUT2D eigenvalue weighted by Gasteiger charge is -2.09. The van der Waals surface area contributed by atoms with E-state index in [0.29, 0.717) is 16.4 Å². The van der Waals surface area contributed by atoms with Crippen molar-refractivity contribution in [3.63, 3.8) is 0 Å². The third-order valence-electron chi connectivity index (χ3n) is 4.11. The quantitative estimate of drug-likeness (QED) is 0.336. The summed E-state index contributed by atoms with van der Waals surface area (Å²) in [5.74, 6) is 0.0779. The first-order chi connectivity index (χ1) is 13.9. The van der Waals surface area contributed by atoms with E-state index in [1.807, 2.05) is 30.3 Å². The smallest absolute Gasteiger partial charge is 0.340 e. The first-order valence-electron chi connectivity index (χ1n) is 8.54. The molecule has 0 amide bonds. The number of aromatic nitrogens is 2. The number of hydrogen-bond donors (Lipinski definition) is 0. The van der Waals surface area contributed by atoms with E-state index in [9.17, 15) is 8.42 Å². The SMILES string of the molecule is O=S(=O)(Oc1cc(-c2ccccc2)nn1-c1ccc(Cl)cc1)c1ccc(Br)cc1. The molecule has 1 aromatic heterocycles. The summed E-state index contributed by atoms with van der Waals surface area (Å²) in [5.41, 5.74) is 2.05. The molecule has 0 bridgehead atoms. The van der Waals surface area contributed by atoms with Gasteiger partial charge in [0.2, 0.25) is 5.88 Å². The van der Waals surface area contributed by atoms with Crippen LogP contribution in [-0.4, -0.2) is 18.2 Å². The van der Waals surface area contributed by atoms with E-state index in [1.54, 1.807) is 42.5 Å². The Bertz CT molecular complexity index is 1240. The fraction of sp³-hybridized carbons (Fsp3) is 0. The molecule has 29 heavy (non-hydrogen) atoms. The van der Waals surface area contributed by atoms with Gasteiger partial charge in [-0.3, -0.25) is 0 Å². The molecule has 4 aromatic rings. The zero-order chi connectivity index (χ0) is 20.4. The molecule has 0 N–H and O–H groups in total. The first kappa shape index (κ1) is 19.7. The predicted molar refractivity (Wildman–Crippen MR) is 116 cm³/mol. The van der Waals surface area contributed by atoms with Crippen LogP contribution in [0, 0.1) is 0 Å². The Kier molecular flexibility index (Phi) is 5.45. The highest BCUT2D eigenvalue weighted by Crippen LogP contribution is 2.29. The van der Waals surface area contributed by atoms with E-state index >= 15 is 0 Å². The van der Waals surface area contributed by atoms with E-state index in [4.69, 9.17) is 15.8 Å². The van der Waals surface area contributed by atoms with Crippen molar-refractivity contribution in [1.29, 1.82) is 0 Å². The van der Waals surface area contributed by atoms with Crippen molar-refractivity contribution in [1.82, 2.24) is 9.78 Å². The Morgan fingerprint density at radius 1 is 0.897 bits per heavy atom. The Morgan fingerprint density at radius 3 is 2.21 bits per heavy atom. The van der Waals surface area contributed by atoms with E-state index in [2.05, 4.69) is 21.0 Å². The van der Waals surface area contributed by atoms with Crippen LogP contribution in [0.4, 0.5) is 0 Å². The molecule has 0 radical (unpaired) electrons. The highest BCUT2D eigenvalue weighted by Gasteiger charge is 2.21. The summed E-state index contributed by atoms with van der Waals surface area (Å²) in [6, 6.07) is 24.2. The fourth-order valence-electron chi connectivity index (χ4n) is 2.70. The average Bonchev–Trinajstić information content (AvgIpc) is 3.12. The molecule has 0 saturated carbocycles. The number of nitrogens with zero attached hydrogens (tertiary/aromatic N) is 2. The average molecular weight is 490 g/mol. The maximum Gasteiger partial charge on any atom is 0.340 e. The molecule has 3 aromatic carbocycles. The van der Waals surface area contributed by atoms with Gasteiger partial charge in [-0.05, 0) is 48.5 Å². The van der Waals surface area contributed by atoms with Gasteiger partial charge in [-0.2, -0.15) is 18.2 Å². The zero-order valence-corrected chi connectivity index (χ0v) is 18.0. The maximum absolute atomic E-state index is 12.8. The van der Waals surface area contributed by atoms with E-state index in [0.717, 1.165) is 10.0 Å². The summed E-state index contributed by atoms with van der Waals surface area (Å²) in [7, 11) is -4.05. The van der Waals surface area contributed by atoms with Gasteiger partial charge in [-0.1, -0.05) is 57.9 Å². The molecule has 0 unspecified atom stereocenters. The minimum Gasteiger partial charge on any atom is -0.358 e.